The SMILES string of the molecule is COC(=N)[C@@H]1[C@@H]2C(CN1C(=O)OCc1ccccc1)C2(C)C. The van der Waals surface area contributed by atoms with Gasteiger partial charge in [-0.2, -0.15) is 0 Å². The van der Waals surface area contributed by atoms with Crippen molar-refractivity contribution in [2.24, 2.45) is 17.3 Å². The average molecular weight is 302 g/mol. The number of carbonyl (C=O) groups is 1. The second-order valence-corrected chi connectivity index (χ2v) is 6.66. The van der Waals surface area contributed by atoms with E-state index in [-0.39, 0.29) is 30.1 Å². The van der Waals surface area contributed by atoms with E-state index in [1.54, 1.807) is 4.90 Å². The third-order valence-electron chi connectivity index (χ3n) is 5.14. The molecule has 0 bridgehead atoms. The first-order chi connectivity index (χ1) is 10.5. The number of benzene rings is 1. The smallest absolute Gasteiger partial charge is 0.410 e. The Morgan fingerprint density at radius 1 is 1.36 bits per heavy atom. The fourth-order valence-electron chi connectivity index (χ4n) is 3.70. The van der Waals surface area contributed by atoms with Crippen molar-refractivity contribution < 1.29 is 14.3 Å². The van der Waals surface area contributed by atoms with Crippen LogP contribution in [0, 0.1) is 22.7 Å². The van der Waals surface area contributed by atoms with Gasteiger partial charge in [0, 0.05) is 6.54 Å². The zero-order valence-corrected chi connectivity index (χ0v) is 13.2. The number of piperidine rings is 1. The zero-order chi connectivity index (χ0) is 15.9. The van der Waals surface area contributed by atoms with Gasteiger partial charge in [0.25, 0.3) is 0 Å². The number of hydrogen-bond acceptors (Lipinski definition) is 4. The number of hydrogen-bond donors (Lipinski definition) is 1. The van der Waals surface area contributed by atoms with Crippen LogP contribution in [0.1, 0.15) is 19.4 Å². The summed E-state index contributed by atoms with van der Waals surface area (Å²) in [6.07, 6.45) is -0.362. The highest BCUT2D eigenvalue weighted by molar-refractivity contribution is 5.85. The summed E-state index contributed by atoms with van der Waals surface area (Å²) in [5.74, 6) is 0.872. The number of fused-ring (bicyclic) bond motifs is 1. The van der Waals surface area contributed by atoms with E-state index in [4.69, 9.17) is 14.9 Å². The minimum Gasteiger partial charge on any atom is -0.483 e. The maximum Gasteiger partial charge on any atom is 0.410 e. The standard InChI is InChI=1S/C17H22N2O3/c1-17(2)12-9-19(14(13(12)17)15(18)21-3)16(20)22-10-11-7-5-4-6-8-11/h4-8,12-14,18H,9-10H2,1-3H3/t12?,13-,14-/m0/s1. The van der Waals surface area contributed by atoms with Crippen LogP contribution in [0.4, 0.5) is 4.79 Å². The molecule has 1 aromatic rings. The van der Waals surface area contributed by atoms with Crippen molar-refractivity contribution in [2.45, 2.75) is 26.5 Å². The van der Waals surface area contributed by atoms with Gasteiger partial charge in [-0.25, -0.2) is 4.79 Å². The molecule has 2 fully saturated rings. The van der Waals surface area contributed by atoms with Crippen LogP contribution < -0.4 is 0 Å². The molecule has 1 N–H and O–H groups in total. The summed E-state index contributed by atoms with van der Waals surface area (Å²) >= 11 is 0. The lowest BCUT2D eigenvalue weighted by molar-refractivity contribution is 0.0860. The van der Waals surface area contributed by atoms with E-state index in [0.29, 0.717) is 18.4 Å². The molecule has 2 aliphatic rings. The second-order valence-electron chi connectivity index (χ2n) is 6.66. The number of carbonyl (C=O) groups excluding carboxylic acids is 1. The van der Waals surface area contributed by atoms with E-state index < -0.39 is 0 Å². The van der Waals surface area contributed by atoms with Gasteiger partial charge in [-0.1, -0.05) is 44.2 Å². The van der Waals surface area contributed by atoms with Gasteiger partial charge in [0.1, 0.15) is 12.6 Å². The Balaban J connectivity index is 1.66. The second kappa shape index (κ2) is 5.30. The zero-order valence-electron chi connectivity index (χ0n) is 13.2. The Labute approximate surface area is 130 Å². The monoisotopic (exact) mass is 302 g/mol. The van der Waals surface area contributed by atoms with Crippen LogP contribution in [0.5, 0.6) is 0 Å². The van der Waals surface area contributed by atoms with Gasteiger partial charge in [0.05, 0.1) is 7.11 Å². The lowest BCUT2D eigenvalue weighted by atomic mass is 10.0. The first kappa shape index (κ1) is 14.9. The van der Waals surface area contributed by atoms with Crippen molar-refractivity contribution >= 4 is 12.0 Å². The molecule has 0 aromatic heterocycles. The predicted octanol–water partition coefficient (Wildman–Crippen LogP) is 2.90. The number of amides is 1. The first-order valence-electron chi connectivity index (χ1n) is 7.56. The van der Waals surface area contributed by atoms with Crippen molar-refractivity contribution in [1.82, 2.24) is 4.90 Å². The van der Waals surface area contributed by atoms with E-state index in [9.17, 15) is 4.79 Å². The molecule has 1 heterocycles. The summed E-state index contributed by atoms with van der Waals surface area (Å²) in [7, 11) is 1.48. The quantitative estimate of drug-likeness (QED) is 0.690. The topological polar surface area (TPSA) is 62.6 Å². The Kier molecular flexibility index (Phi) is 3.59. The molecule has 1 saturated heterocycles. The molecule has 3 atom stereocenters. The third kappa shape index (κ3) is 2.34. The summed E-state index contributed by atoms with van der Waals surface area (Å²) < 4.78 is 10.5. The largest absolute Gasteiger partial charge is 0.483 e. The maximum atomic E-state index is 12.4. The molecule has 3 rings (SSSR count). The molecule has 1 unspecified atom stereocenters. The number of rotatable bonds is 3. The van der Waals surface area contributed by atoms with Gasteiger partial charge >= 0.3 is 6.09 Å². The third-order valence-corrected chi connectivity index (χ3v) is 5.14. The Bertz CT molecular complexity index is 585. The Morgan fingerprint density at radius 2 is 2.05 bits per heavy atom. The first-order valence-corrected chi connectivity index (χ1v) is 7.56. The number of ether oxygens (including phenoxy) is 2. The van der Waals surface area contributed by atoms with Gasteiger partial charge in [-0.05, 0) is 22.8 Å². The molecule has 1 aliphatic carbocycles. The average Bonchev–Trinajstić information content (AvgIpc) is 2.90. The highest BCUT2D eigenvalue weighted by Crippen LogP contribution is 2.65. The van der Waals surface area contributed by atoms with Crippen molar-refractivity contribution in [3.05, 3.63) is 35.9 Å². The van der Waals surface area contributed by atoms with E-state index in [1.807, 2.05) is 30.3 Å². The molecular formula is C17H22N2O3. The normalized spacial score (nSPS) is 28.0. The molecule has 0 radical (unpaired) electrons. The molecule has 1 amide bonds. The van der Waals surface area contributed by atoms with Gasteiger partial charge in [-0.3, -0.25) is 10.3 Å². The van der Waals surface area contributed by atoms with Crippen LogP contribution in [0.25, 0.3) is 0 Å². The van der Waals surface area contributed by atoms with Gasteiger partial charge in [0.15, 0.2) is 0 Å². The molecule has 5 nitrogen and oxygen atoms in total. The van der Waals surface area contributed by atoms with Crippen molar-refractivity contribution in [1.29, 1.82) is 5.41 Å². The van der Waals surface area contributed by atoms with E-state index in [2.05, 4.69) is 13.8 Å². The minimum absolute atomic E-state index is 0.148. The maximum absolute atomic E-state index is 12.4. The summed E-state index contributed by atoms with van der Waals surface area (Å²) in [6, 6.07) is 9.31. The van der Waals surface area contributed by atoms with E-state index in [1.165, 1.54) is 7.11 Å². The summed E-state index contributed by atoms with van der Waals surface area (Å²) in [5.41, 5.74) is 1.13. The summed E-state index contributed by atoms with van der Waals surface area (Å²) in [4.78, 5) is 14.0. The predicted molar refractivity (Wildman–Crippen MR) is 82.6 cm³/mol. The van der Waals surface area contributed by atoms with Crippen molar-refractivity contribution in [3.63, 3.8) is 0 Å². The lowest BCUT2D eigenvalue weighted by Gasteiger charge is -2.29. The molecule has 0 spiro atoms. The molecule has 5 heteroatoms. The Morgan fingerprint density at radius 3 is 2.68 bits per heavy atom. The van der Waals surface area contributed by atoms with Crippen LogP contribution in [-0.2, 0) is 16.1 Å². The summed E-state index contributed by atoms with van der Waals surface area (Å²) in [5, 5.41) is 8.02. The van der Waals surface area contributed by atoms with Crippen LogP contribution >= 0.6 is 0 Å². The van der Waals surface area contributed by atoms with Crippen LogP contribution in [0.3, 0.4) is 0 Å². The fraction of sp³-hybridized carbons (Fsp3) is 0.529. The highest BCUT2D eigenvalue weighted by atomic mass is 16.6. The molecule has 1 aromatic carbocycles. The van der Waals surface area contributed by atoms with Crippen LogP contribution in [0.2, 0.25) is 0 Å². The van der Waals surface area contributed by atoms with Crippen LogP contribution in [-0.4, -0.2) is 36.6 Å². The van der Waals surface area contributed by atoms with Gasteiger partial charge in [0.2, 0.25) is 5.90 Å². The minimum atomic E-state index is -0.362. The van der Waals surface area contributed by atoms with Gasteiger partial charge < -0.3 is 9.47 Å². The molecule has 1 aliphatic heterocycles. The van der Waals surface area contributed by atoms with E-state index in [0.717, 1.165) is 5.56 Å². The number of likely N-dealkylation sites (tertiary alicyclic amines) is 1. The lowest BCUT2D eigenvalue weighted by Crippen LogP contribution is -2.45. The van der Waals surface area contributed by atoms with Crippen molar-refractivity contribution in [2.75, 3.05) is 13.7 Å². The molecule has 118 valence electrons. The molecular weight excluding hydrogens is 280 g/mol. The van der Waals surface area contributed by atoms with Crippen LogP contribution in [0.15, 0.2) is 30.3 Å². The summed E-state index contributed by atoms with van der Waals surface area (Å²) in [6.45, 7) is 5.26. The fourth-order valence-corrected chi connectivity index (χ4v) is 3.70. The van der Waals surface area contributed by atoms with Crippen molar-refractivity contribution in [3.8, 4) is 0 Å². The molecule has 1 saturated carbocycles. The van der Waals surface area contributed by atoms with Gasteiger partial charge in [-0.15, -0.1) is 0 Å². The number of methoxy groups -OCH3 is 1. The Hall–Kier alpha value is -2.04. The molecule has 22 heavy (non-hydrogen) atoms. The highest BCUT2D eigenvalue weighted by Gasteiger charge is 2.69. The number of nitrogens with one attached hydrogen (secondary N) is 1. The van der Waals surface area contributed by atoms with E-state index >= 15 is 0 Å². The number of nitrogens with zero attached hydrogens (tertiary/aromatic N) is 1.